The minimum absolute atomic E-state index is 0.0520. The van der Waals surface area contributed by atoms with Crippen molar-refractivity contribution in [3.63, 3.8) is 0 Å². The Morgan fingerprint density at radius 1 is 1.32 bits per heavy atom. The van der Waals surface area contributed by atoms with Gasteiger partial charge in [0.2, 0.25) is 5.91 Å². The molecule has 2 aromatic rings. The van der Waals surface area contributed by atoms with E-state index < -0.39 is 0 Å². The van der Waals surface area contributed by atoms with Crippen LogP contribution >= 0.6 is 0 Å². The molecule has 0 radical (unpaired) electrons. The fraction of sp³-hybridized carbons (Fsp3) is 0.421. The van der Waals surface area contributed by atoms with Crippen molar-refractivity contribution in [3.8, 4) is 0 Å². The number of aromatic amines is 1. The normalized spacial score (nSPS) is 17.1. The lowest BCUT2D eigenvalue weighted by Crippen LogP contribution is -2.39. The van der Waals surface area contributed by atoms with Crippen LogP contribution in [0.3, 0.4) is 0 Å². The number of halogens is 1. The number of carbonyl (C=O) groups excluding carboxylic acids is 1. The molecule has 1 aliphatic rings. The molecule has 2 heterocycles. The van der Waals surface area contributed by atoms with E-state index in [2.05, 4.69) is 9.97 Å². The first-order chi connectivity index (χ1) is 11.9. The molecule has 1 saturated heterocycles. The highest BCUT2D eigenvalue weighted by atomic mass is 19.1. The number of amides is 1. The van der Waals surface area contributed by atoms with Crippen molar-refractivity contribution in [2.24, 2.45) is 0 Å². The smallest absolute Gasteiger partial charge is 0.254 e. The number of hydrogen-bond acceptors (Lipinski definition) is 3. The molecule has 0 saturated carbocycles. The molecule has 1 aliphatic heterocycles. The van der Waals surface area contributed by atoms with Gasteiger partial charge in [0, 0.05) is 23.8 Å². The molecule has 1 aromatic carbocycles. The quantitative estimate of drug-likeness (QED) is 0.926. The topological polar surface area (TPSA) is 66.1 Å². The van der Waals surface area contributed by atoms with E-state index >= 15 is 0 Å². The summed E-state index contributed by atoms with van der Waals surface area (Å²) < 4.78 is 13.0. The second kappa shape index (κ2) is 7.17. The highest BCUT2D eigenvalue weighted by Gasteiger charge is 2.29. The SMILES string of the molecule is Cc1nc(C)c(CC(=O)N2CCC[C@@H]2Cc2ccc(F)cc2)c(=O)[nH]1. The summed E-state index contributed by atoms with van der Waals surface area (Å²) in [6.07, 6.45) is 2.63. The summed E-state index contributed by atoms with van der Waals surface area (Å²) in [5.41, 5.74) is 1.80. The molecule has 1 fully saturated rings. The van der Waals surface area contributed by atoms with Crippen LogP contribution in [0.15, 0.2) is 29.1 Å². The van der Waals surface area contributed by atoms with Gasteiger partial charge in [0.05, 0.1) is 6.42 Å². The number of hydrogen-bond donors (Lipinski definition) is 1. The van der Waals surface area contributed by atoms with Gasteiger partial charge in [-0.3, -0.25) is 9.59 Å². The van der Waals surface area contributed by atoms with Crippen molar-refractivity contribution in [3.05, 3.63) is 63.1 Å². The molecule has 0 bridgehead atoms. The zero-order chi connectivity index (χ0) is 18.0. The highest BCUT2D eigenvalue weighted by Crippen LogP contribution is 2.22. The van der Waals surface area contributed by atoms with Crippen LogP contribution in [-0.2, 0) is 17.6 Å². The van der Waals surface area contributed by atoms with Crippen molar-refractivity contribution in [1.29, 1.82) is 0 Å². The molecular formula is C19H22FN3O2. The molecule has 25 heavy (non-hydrogen) atoms. The lowest BCUT2D eigenvalue weighted by atomic mass is 10.0. The molecule has 1 N–H and O–H groups in total. The highest BCUT2D eigenvalue weighted by molar-refractivity contribution is 5.79. The molecule has 0 spiro atoms. The second-order valence-corrected chi connectivity index (χ2v) is 6.61. The largest absolute Gasteiger partial charge is 0.339 e. The third-order valence-electron chi connectivity index (χ3n) is 4.75. The van der Waals surface area contributed by atoms with Gasteiger partial charge in [-0.2, -0.15) is 0 Å². The molecule has 1 amide bonds. The monoisotopic (exact) mass is 343 g/mol. The Balaban J connectivity index is 1.73. The zero-order valence-corrected chi connectivity index (χ0v) is 14.5. The molecule has 3 rings (SSSR count). The Bertz CT molecular complexity index is 830. The average Bonchev–Trinajstić information content (AvgIpc) is 3.01. The summed E-state index contributed by atoms with van der Waals surface area (Å²) in [4.78, 5) is 33.6. The number of aromatic nitrogens is 2. The lowest BCUT2D eigenvalue weighted by molar-refractivity contribution is -0.131. The fourth-order valence-electron chi connectivity index (χ4n) is 3.48. The first-order valence-corrected chi connectivity index (χ1v) is 8.54. The van der Waals surface area contributed by atoms with E-state index in [0.29, 0.717) is 30.0 Å². The summed E-state index contributed by atoms with van der Waals surface area (Å²) in [6, 6.07) is 6.49. The van der Waals surface area contributed by atoms with Crippen molar-refractivity contribution >= 4 is 5.91 Å². The predicted octanol–water partition coefficient (Wildman–Crippen LogP) is 2.30. The van der Waals surface area contributed by atoms with Crippen LogP contribution in [0.2, 0.25) is 0 Å². The number of aryl methyl sites for hydroxylation is 2. The van der Waals surface area contributed by atoms with Crippen molar-refractivity contribution < 1.29 is 9.18 Å². The van der Waals surface area contributed by atoms with Gasteiger partial charge in [-0.05, 0) is 50.8 Å². The Morgan fingerprint density at radius 2 is 2.04 bits per heavy atom. The lowest BCUT2D eigenvalue weighted by Gasteiger charge is -2.25. The van der Waals surface area contributed by atoms with Gasteiger partial charge in [0.1, 0.15) is 11.6 Å². The number of carbonyl (C=O) groups is 1. The zero-order valence-electron chi connectivity index (χ0n) is 14.5. The Morgan fingerprint density at radius 3 is 2.72 bits per heavy atom. The number of H-pyrrole nitrogens is 1. The first kappa shape index (κ1) is 17.3. The maximum absolute atomic E-state index is 13.0. The van der Waals surface area contributed by atoms with E-state index in [1.165, 1.54) is 12.1 Å². The average molecular weight is 343 g/mol. The molecular weight excluding hydrogens is 321 g/mol. The van der Waals surface area contributed by atoms with Crippen molar-refractivity contribution in [1.82, 2.24) is 14.9 Å². The number of nitrogens with one attached hydrogen (secondary N) is 1. The van der Waals surface area contributed by atoms with Gasteiger partial charge in [-0.25, -0.2) is 9.37 Å². The standard InChI is InChI=1S/C19H22FN3O2/c1-12-17(19(25)22-13(2)21-12)11-18(24)23-9-3-4-16(23)10-14-5-7-15(20)8-6-14/h5-8,16H,3-4,9-11H2,1-2H3,(H,21,22,25)/t16-/m1/s1. The summed E-state index contributed by atoms with van der Waals surface area (Å²) in [5.74, 6) is 0.239. The van der Waals surface area contributed by atoms with Crippen LogP contribution in [0.5, 0.6) is 0 Å². The van der Waals surface area contributed by atoms with Crippen LogP contribution < -0.4 is 5.56 Å². The molecule has 1 aromatic heterocycles. The Hall–Kier alpha value is -2.50. The summed E-state index contributed by atoms with van der Waals surface area (Å²) in [6.45, 7) is 4.17. The van der Waals surface area contributed by atoms with Gasteiger partial charge in [-0.15, -0.1) is 0 Å². The van der Waals surface area contributed by atoms with Crippen LogP contribution in [0, 0.1) is 19.7 Å². The maximum Gasteiger partial charge on any atom is 0.254 e. The summed E-state index contributed by atoms with van der Waals surface area (Å²) >= 11 is 0. The molecule has 0 aliphatic carbocycles. The van der Waals surface area contributed by atoms with Crippen LogP contribution in [0.1, 0.15) is 35.5 Å². The number of rotatable bonds is 4. The van der Waals surface area contributed by atoms with E-state index in [0.717, 1.165) is 18.4 Å². The van der Waals surface area contributed by atoms with Gasteiger partial charge in [0.25, 0.3) is 5.56 Å². The first-order valence-electron chi connectivity index (χ1n) is 8.54. The summed E-state index contributed by atoms with van der Waals surface area (Å²) in [5, 5.41) is 0. The van der Waals surface area contributed by atoms with Crippen LogP contribution in [0.25, 0.3) is 0 Å². The maximum atomic E-state index is 13.0. The van der Waals surface area contributed by atoms with Crippen molar-refractivity contribution in [2.45, 2.75) is 45.6 Å². The summed E-state index contributed by atoms with van der Waals surface area (Å²) in [7, 11) is 0. The van der Waals surface area contributed by atoms with Crippen LogP contribution in [0.4, 0.5) is 4.39 Å². The Kier molecular flexibility index (Phi) is 4.97. The van der Waals surface area contributed by atoms with E-state index in [-0.39, 0.29) is 29.7 Å². The molecule has 5 nitrogen and oxygen atoms in total. The van der Waals surface area contributed by atoms with E-state index in [9.17, 15) is 14.0 Å². The van der Waals surface area contributed by atoms with E-state index in [1.54, 1.807) is 26.0 Å². The van der Waals surface area contributed by atoms with Gasteiger partial charge >= 0.3 is 0 Å². The van der Waals surface area contributed by atoms with Gasteiger partial charge in [0.15, 0.2) is 0 Å². The molecule has 1 atom stereocenters. The van der Waals surface area contributed by atoms with Gasteiger partial charge < -0.3 is 9.88 Å². The third-order valence-corrected chi connectivity index (χ3v) is 4.75. The van der Waals surface area contributed by atoms with Crippen molar-refractivity contribution in [2.75, 3.05) is 6.54 Å². The van der Waals surface area contributed by atoms with Crippen LogP contribution in [-0.4, -0.2) is 33.4 Å². The third kappa shape index (κ3) is 3.95. The fourth-order valence-corrected chi connectivity index (χ4v) is 3.48. The minimum Gasteiger partial charge on any atom is -0.339 e. The van der Waals surface area contributed by atoms with E-state index in [4.69, 9.17) is 0 Å². The van der Waals surface area contributed by atoms with Gasteiger partial charge in [-0.1, -0.05) is 12.1 Å². The number of benzene rings is 1. The minimum atomic E-state index is -0.260. The van der Waals surface area contributed by atoms with E-state index in [1.807, 2.05) is 4.90 Å². The number of likely N-dealkylation sites (tertiary alicyclic amines) is 1. The number of nitrogens with zero attached hydrogens (tertiary/aromatic N) is 2. The molecule has 132 valence electrons. The molecule has 6 heteroatoms. The Labute approximate surface area is 145 Å². The second-order valence-electron chi connectivity index (χ2n) is 6.61. The predicted molar refractivity (Wildman–Crippen MR) is 92.9 cm³/mol. The molecule has 0 unspecified atom stereocenters.